The first-order valence-electron chi connectivity index (χ1n) is 12.1. The Morgan fingerprint density at radius 2 is 1.70 bits per heavy atom. The van der Waals surface area contributed by atoms with E-state index in [2.05, 4.69) is 41.4 Å². The number of rotatable bonds is 6. The molecule has 7 heteroatoms. The number of aryl methyl sites for hydroxylation is 1. The van der Waals surface area contributed by atoms with Crippen molar-refractivity contribution in [1.29, 1.82) is 0 Å². The maximum absolute atomic E-state index is 13.0. The highest BCUT2D eigenvalue weighted by molar-refractivity contribution is 7.89. The zero-order chi connectivity index (χ0) is 23.3. The molecular weight excluding hydrogens is 434 g/mol. The van der Waals surface area contributed by atoms with Crippen LogP contribution >= 0.6 is 0 Å². The largest absolute Gasteiger partial charge is 0.326 e. The van der Waals surface area contributed by atoms with E-state index < -0.39 is 10.0 Å². The van der Waals surface area contributed by atoms with Gasteiger partial charge in [0, 0.05) is 31.9 Å². The van der Waals surface area contributed by atoms with Crippen molar-refractivity contribution >= 4 is 21.6 Å². The van der Waals surface area contributed by atoms with Crippen LogP contribution in [-0.4, -0.2) is 49.7 Å². The number of piperidine rings is 1. The van der Waals surface area contributed by atoms with Crippen LogP contribution in [0, 0.1) is 12.8 Å². The maximum Gasteiger partial charge on any atom is 0.243 e. The summed E-state index contributed by atoms with van der Waals surface area (Å²) in [5.74, 6) is -0.0591. The van der Waals surface area contributed by atoms with E-state index in [0.29, 0.717) is 23.7 Å². The number of amides is 1. The molecule has 2 aromatic rings. The number of benzene rings is 2. The monoisotopic (exact) mass is 469 g/mol. The minimum atomic E-state index is -3.48. The van der Waals surface area contributed by atoms with Gasteiger partial charge in [-0.15, -0.1) is 0 Å². The number of carbonyl (C=O) groups is 1. The number of likely N-dealkylation sites (tertiary alicyclic amines) is 1. The Hall–Kier alpha value is -2.22. The topological polar surface area (TPSA) is 69.7 Å². The molecule has 2 heterocycles. The average molecular weight is 470 g/mol. The predicted octanol–water partition coefficient (Wildman–Crippen LogP) is 4.41. The van der Waals surface area contributed by atoms with Crippen molar-refractivity contribution in [2.45, 2.75) is 56.9 Å². The van der Waals surface area contributed by atoms with E-state index in [1.165, 1.54) is 11.1 Å². The normalized spacial score (nSPS) is 20.8. The van der Waals surface area contributed by atoms with Gasteiger partial charge in [0.2, 0.25) is 15.9 Å². The summed E-state index contributed by atoms with van der Waals surface area (Å²) in [5, 5.41) is 3.00. The van der Waals surface area contributed by atoms with E-state index >= 15 is 0 Å². The summed E-state index contributed by atoms with van der Waals surface area (Å²) in [6.45, 7) is 5.86. The van der Waals surface area contributed by atoms with Gasteiger partial charge in [0.1, 0.15) is 0 Å². The first-order valence-corrected chi connectivity index (χ1v) is 13.5. The lowest BCUT2D eigenvalue weighted by Gasteiger charge is -2.32. The molecule has 2 aliphatic rings. The van der Waals surface area contributed by atoms with Crippen LogP contribution in [-0.2, 0) is 21.4 Å². The highest BCUT2D eigenvalue weighted by Crippen LogP contribution is 2.24. The van der Waals surface area contributed by atoms with Crippen LogP contribution in [0.5, 0.6) is 0 Å². The van der Waals surface area contributed by atoms with E-state index in [-0.39, 0.29) is 11.8 Å². The summed E-state index contributed by atoms with van der Waals surface area (Å²) < 4.78 is 27.5. The number of nitrogens with one attached hydrogen (secondary N) is 1. The Balaban J connectivity index is 1.35. The van der Waals surface area contributed by atoms with Crippen LogP contribution in [0.25, 0.3) is 0 Å². The minimum Gasteiger partial charge on any atom is -0.326 e. The molecule has 2 saturated heterocycles. The Labute approximate surface area is 198 Å². The third-order valence-corrected chi connectivity index (χ3v) is 8.60. The molecule has 33 heavy (non-hydrogen) atoms. The van der Waals surface area contributed by atoms with Crippen molar-refractivity contribution in [3.63, 3.8) is 0 Å². The van der Waals surface area contributed by atoms with E-state index in [1.54, 1.807) is 28.6 Å². The van der Waals surface area contributed by atoms with Gasteiger partial charge >= 0.3 is 0 Å². The molecule has 6 nitrogen and oxygen atoms in total. The first-order chi connectivity index (χ1) is 15.9. The molecule has 2 aliphatic heterocycles. The number of nitrogens with zero attached hydrogens (tertiary/aromatic N) is 2. The number of carbonyl (C=O) groups excluding carboxylic acids is 1. The number of sulfonamides is 1. The fraction of sp³-hybridized carbons (Fsp3) is 0.500. The molecule has 1 N–H and O–H groups in total. The summed E-state index contributed by atoms with van der Waals surface area (Å²) in [5.41, 5.74) is 3.17. The highest BCUT2D eigenvalue weighted by Gasteiger charge is 2.27. The van der Waals surface area contributed by atoms with Crippen molar-refractivity contribution in [3.8, 4) is 0 Å². The molecule has 1 amide bonds. The molecule has 0 radical (unpaired) electrons. The molecule has 2 fully saturated rings. The highest BCUT2D eigenvalue weighted by atomic mass is 32.2. The van der Waals surface area contributed by atoms with Crippen LogP contribution in [0.1, 0.15) is 49.7 Å². The standard InChI is InChI=1S/C26H35N3O3S/c1-21-8-6-9-22(18-21)19-28-15-7-10-23(20-28)26(30)27-24-11-13-25(14-12-24)33(31,32)29-16-4-2-3-5-17-29/h6,8-9,11-14,18,23H,2-5,7,10,15-17,19-20H2,1H3,(H,27,30). The summed E-state index contributed by atoms with van der Waals surface area (Å²) in [4.78, 5) is 15.6. The van der Waals surface area contributed by atoms with Gasteiger partial charge in [-0.05, 0) is 69.0 Å². The van der Waals surface area contributed by atoms with Gasteiger partial charge in [-0.25, -0.2) is 8.42 Å². The Morgan fingerprint density at radius 3 is 2.39 bits per heavy atom. The second-order valence-electron chi connectivity index (χ2n) is 9.40. The number of anilines is 1. The number of hydrogen-bond donors (Lipinski definition) is 1. The smallest absolute Gasteiger partial charge is 0.243 e. The fourth-order valence-electron chi connectivity index (χ4n) is 4.87. The summed E-state index contributed by atoms with van der Waals surface area (Å²) in [7, 11) is -3.48. The first kappa shape index (κ1) is 23.9. The van der Waals surface area contributed by atoms with Crippen LogP contribution in [0.3, 0.4) is 0 Å². The van der Waals surface area contributed by atoms with Gasteiger partial charge < -0.3 is 5.32 Å². The average Bonchev–Trinajstić information content (AvgIpc) is 3.10. The molecule has 178 valence electrons. The third kappa shape index (κ3) is 6.22. The van der Waals surface area contributed by atoms with E-state index in [9.17, 15) is 13.2 Å². The molecule has 0 aromatic heterocycles. The van der Waals surface area contributed by atoms with E-state index in [4.69, 9.17) is 0 Å². The second kappa shape index (κ2) is 10.8. The van der Waals surface area contributed by atoms with Crippen molar-refractivity contribution in [2.75, 3.05) is 31.5 Å². The summed E-state index contributed by atoms with van der Waals surface area (Å²) >= 11 is 0. The Morgan fingerprint density at radius 1 is 0.970 bits per heavy atom. The molecule has 0 aliphatic carbocycles. The molecule has 0 bridgehead atoms. The molecule has 1 atom stereocenters. The van der Waals surface area contributed by atoms with E-state index in [1.807, 2.05) is 0 Å². The Kier molecular flexibility index (Phi) is 7.83. The van der Waals surface area contributed by atoms with Gasteiger partial charge in [-0.1, -0.05) is 42.7 Å². The summed E-state index contributed by atoms with van der Waals surface area (Å²) in [6.07, 6.45) is 5.86. The Bertz CT molecular complexity index is 1040. The van der Waals surface area contributed by atoms with Gasteiger partial charge in [0.15, 0.2) is 0 Å². The SMILES string of the molecule is Cc1cccc(CN2CCCC(C(=O)Nc3ccc(S(=O)(=O)N4CCCCCC4)cc3)C2)c1. The zero-order valence-corrected chi connectivity index (χ0v) is 20.3. The van der Waals surface area contributed by atoms with Crippen molar-refractivity contribution in [2.24, 2.45) is 5.92 Å². The number of hydrogen-bond acceptors (Lipinski definition) is 4. The van der Waals surface area contributed by atoms with Gasteiger partial charge in [0.25, 0.3) is 0 Å². The van der Waals surface area contributed by atoms with Crippen LogP contribution < -0.4 is 5.32 Å². The lowest BCUT2D eigenvalue weighted by Crippen LogP contribution is -2.40. The van der Waals surface area contributed by atoms with Crippen LogP contribution in [0.4, 0.5) is 5.69 Å². The predicted molar refractivity (Wildman–Crippen MR) is 131 cm³/mol. The third-order valence-electron chi connectivity index (χ3n) is 6.69. The van der Waals surface area contributed by atoms with Gasteiger partial charge in [-0.2, -0.15) is 4.31 Å². The van der Waals surface area contributed by atoms with Gasteiger partial charge in [0.05, 0.1) is 10.8 Å². The van der Waals surface area contributed by atoms with Crippen molar-refractivity contribution < 1.29 is 13.2 Å². The lowest BCUT2D eigenvalue weighted by atomic mass is 9.96. The second-order valence-corrected chi connectivity index (χ2v) is 11.3. The molecule has 1 unspecified atom stereocenters. The van der Waals surface area contributed by atoms with Crippen LogP contribution in [0.15, 0.2) is 53.4 Å². The molecule has 0 saturated carbocycles. The van der Waals surface area contributed by atoms with Crippen molar-refractivity contribution in [1.82, 2.24) is 9.21 Å². The zero-order valence-electron chi connectivity index (χ0n) is 19.5. The summed E-state index contributed by atoms with van der Waals surface area (Å²) in [6, 6.07) is 15.1. The minimum absolute atomic E-state index is 0.00654. The lowest BCUT2D eigenvalue weighted by molar-refractivity contribution is -0.121. The van der Waals surface area contributed by atoms with Crippen molar-refractivity contribution in [3.05, 3.63) is 59.7 Å². The quantitative estimate of drug-likeness (QED) is 0.680. The molecular formula is C26H35N3O3S. The van der Waals surface area contributed by atoms with Gasteiger partial charge in [-0.3, -0.25) is 9.69 Å². The molecule has 2 aromatic carbocycles. The maximum atomic E-state index is 13.0. The van der Waals surface area contributed by atoms with Crippen LogP contribution in [0.2, 0.25) is 0 Å². The molecule has 0 spiro atoms. The van der Waals surface area contributed by atoms with E-state index in [0.717, 1.165) is 58.2 Å². The fourth-order valence-corrected chi connectivity index (χ4v) is 6.38. The molecule has 4 rings (SSSR count).